The maximum atomic E-state index is 13.2. The molecule has 0 aliphatic carbocycles. The molecule has 4 heterocycles. The molecule has 0 aliphatic rings. The molecule has 0 saturated heterocycles. The van der Waals surface area contributed by atoms with Gasteiger partial charge >= 0.3 is 23.9 Å². The highest BCUT2D eigenvalue weighted by Gasteiger charge is 2.44. The molecule has 44 heavy (non-hydrogen) atoms. The number of esters is 4. The number of nitrogens with zero attached hydrogens (tertiary/aromatic N) is 4. The molecule has 0 spiro atoms. The number of pyridine rings is 4. The number of ether oxygens (including phenoxy) is 4. The average Bonchev–Trinajstić information content (AvgIpc) is 3.09. The highest BCUT2D eigenvalue weighted by molar-refractivity contribution is 5.91. The van der Waals surface area contributed by atoms with Crippen LogP contribution in [0, 0.1) is 0 Å². The van der Waals surface area contributed by atoms with Crippen LogP contribution < -0.4 is 0 Å². The summed E-state index contributed by atoms with van der Waals surface area (Å²) >= 11 is 0. The van der Waals surface area contributed by atoms with Crippen LogP contribution in [0.2, 0.25) is 0 Å². The van der Waals surface area contributed by atoms with Crippen LogP contribution in [-0.4, -0.2) is 91.7 Å². The molecule has 14 nitrogen and oxygen atoms in total. The first-order valence-corrected chi connectivity index (χ1v) is 13.1. The minimum Gasteiger partial charge on any atom is -0.452 e. The van der Waals surface area contributed by atoms with E-state index in [2.05, 4.69) is 19.9 Å². The Balaban J connectivity index is 1.74. The Hall–Kier alpha value is -5.60. The maximum Gasteiger partial charge on any atom is 0.340 e. The van der Waals surface area contributed by atoms with Crippen LogP contribution in [0.4, 0.5) is 0 Å². The van der Waals surface area contributed by atoms with Gasteiger partial charge in [-0.3, -0.25) is 19.9 Å². The van der Waals surface area contributed by atoms with Crippen LogP contribution in [0.1, 0.15) is 41.4 Å². The number of aromatic nitrogens is 4. The summed E-state index contributed by atoms with van der Waals surface area (Å²) in [5.41, 5.74) is -0.0983. The third-order valence-corrected chi connectivity index (χ3v) is 6.01. The third kappa shape index (κ3) is 8.24. The van der Waals surface area contributed by atoms with Crippen LogP contribution in [0.3, 0.4) is 0 Å². The molecule has 0 bridgehead atoms. The van der Waals surface area contributed by atoms with Crippen LogP contribution in [0.25, 0.3) is 0 Å². The standard InChI is InChI=1S/C30H26N4O10/c35-17-23(41-27(37)19-5-1-9-31-13-19)25(43-29(39)21-7-3-11-33-15-21)26(44-30(40)22-8-4-12-34-16-22)24(18-36)42-28(38)20-6-2-10-32-14-20/h1-16,23-26,35-36H,17-18H2/t23-,24-,25-,26-/m1/s1. The van der Waals surface area contributed by atoms with E-state index in [1.165, 1.54) is 98.1 Å². The van der Waals surface area contributed by atoms with Crippen molar-refractivity contribution in [2.75, 3.05) is 13.2 Å². The van der Waals surface area contributed by atoms with Gasteiger partial charge in [0.1, 0.15) is 0 Å². The van der Waals surface area contributed by atoms with Gasteiger partial charge < -0.3 is 29.2 Å². The molecule has 0 amide bonds. The molecular formula is C30H26N4O10. The van der Waals surface area contributed by atoms with Crippen LogP contribution in [-0.2, 0) is 18.9 Å². The summed E-state index contributed by atoms with van der Waals surface area (Å²) in [5.74, 6) is -3.97. The van der Waals surface area contributed by atoms with E-state index in [-0.39, 0.29) is 22.3 Å². The Morgan fingerprint density at radius 2 is 0.773 bits per heavy atom. The molecular weight excluding hydrogens is 576 g/mol. The molecule has 0 aromatic carbocycles. The summed E-state index contributed by atoms with van der Waals surface area (Å²) in [6.45, 7) is -1.90. The van der Waals surface area contributed by atoms with Crippen molar-refractivity contribution >= 4 is 23.9 Å². The summed E-state index contributed by atoms with van der Waals surface area (Å²) in [4.78, 5) is 67.8. The van der Waals surface area contributed by atoms with Crippen molar-refractivity contribution in [3.05, 3.63) is 120 Å². The Bertz CT molecular complexity index is 1410. The SMILES string of the molecule is O=C(O[C@@H]([C@H](OC(=O)c1cccnc1)[C@@H](CO)OC(=O)c1cccnc1)[C@@H](CO)OC(=O)c1cccnc1)c1cccnc1. The van der Waals surface area contributed by atoms with Gasteiger partial charge in [-0.05, 0) is 48.5 Å². The summed E-state index contributed by atoms with van der Waals surface area (Å²) in [6, 6.07) is 11.4. The summed E-state index contributed by atoms with van der Waals surface area (Å²) in [6.07, 6.45) is 3.39. The molecule has 14 heteroatoms. The average molecular weight is 603 g/mol. The molecule has 4 rings (SSSR count). The normalized spacial score (nSPS) is 13.4. The Kier molecular flexibility index (Phi) is 11.1. The number of carbonyl (C=O) groups excluding carboxylic acids is 4. The Labute approximate surface area is 250 Å². The van der Waals surface area contributed by atoms with Gasteiger partial charge in [-0.1, -0.05) is 0 Å². The lowest BCUT2D eigenvalue weighted by molar-refractivity contribution is -0.137. The quantitative estimate of drug-likeness (QED) is 0.165. The number of aliphatic hydroxyl groups excluding tert-OH is 2. The maximum absolute atomic E-state index is 13.2. The first-order valence-electron chi connectivity index (χ1n) is 13.1. The van der Waals surface area contributed by atoms with E-state index in [0.29, 0.717) is 0 Å². The van der Waals surface area contributed by atoms with Crippen LogP contribution in [0.5, 0.6) is 0 Å². The van der Waals surface area contributed by atoms with Gasteiger partial charge in [0.15, 0.2) is 24.4 Å². The summed E-state index contributed by atoms with van der Waals surface area (Å²) in [7, 11) is 0. The van der Waals surface area contributed by atoms with Crippen molar-refractivity contribution in [1.82, 2.24) is 19.9 Å². The molecule has 4 atom stereocenters. The second-order valence-corrected chi connectivity index (χ2v) is 8.96. The second kappa shape index (κ2) is 15.6. The summed E-state index contributed by atoms with van der Waals surface area (Å²) < 4.78 is 22.3. The van der Waals surface area contributed by atoms with Crippen molar-refractivity contribution < 1.29 is 48.3 Å². The second-order valence-electron chi connectivity index (χ2n) is 8.96. The molecule has 0 radical (unpaired) electrons. The smallest absolute Gasteiger partial charge is 0.340 e. The van der Waals surface area contributed by atoms with Crippen molar-refractivity contribution in [3.63, 3.8) is 0 Å². The number of hydrogen-bond acceptors (Lipinski definition) is 14. The molecule has 2 N–H and O–H groups in total. The van der Waals surface area contributed by atoms with Gasteiger partial charge in [0.2, 0.25) is 0 Å². The highest BCUT2D eigenvalue weighted by Crippen LogP contribution is 2.23. The minimum absolute atomic E-state index is 0.00564. The Morgan fingerprint density at radius 3 is 1.00 bits per heavy atom. The van der Waals surface area contributed by atoms with Crippen molar-refractivity contribution in [2.45, 2.75) is 24.4 Å². The zero-order valence-corrected chi connectivity index (χ0v) is 22.9. The van der Waals surface area contributed by atoms with Gasteiger partial charge in [0.25, 0.3) is 0 Å². The highest BCUT2D eigenvalue weighted by atomic mass is 16.6. The first-order chi connectivity index (χ1) is 21.4. The van der Waals surface area contributed by atoms with Crippen LogP contribution in [0.15, 0.2) is 98.1 Å². The number of rotatable bonds is 13. The lowest BCUT2D eigenvalue weighted by Crippen LogP contribution is -2.54. The van der Waals surface area contributed by atoms with E-state index in [4.69, 9.17) is 18.9 Å². The lowest BCUT2D eigenvalue weighted by atomic mass is 10.0. The predicted octanol–water partition coefficient (Wildman–Crippen LogP) is 1.45. The largest absolute Gasteiger partial charge is 0.452 e. The summed E-state index contributed by atoms with van der Waals surface area (Å²) in [5, 5.41) is 20.7. The number of aliphatic hydroxyl groups is 2. The fourth-order valence-electron chi connectivity index (χ4n) is 3.85. The molecule has 0 unspecified atom stereocenters. The molecule has 226 valence electrons. The Morgan fingerprint density at radius 1 is 0.500 bits per heavy atom. The molecule has 4 aromatic heterocycles. The van der Waals surface area contributed by atoms with Crippen molar-refractivity contribution in [3.8, 4) is 0 Å². The first kappa shape index (κ1) is 31.3. The van der Waals surface area contributed by atoms with Gasteiger partial charge in [-0.2, -0.15) is 0 Å². The number of carbonyl (C=O) groups is 4. The number of hydrogen-bond donors (Lipinski definition) is 2. The van der Waals surface area contributed by atoms with Gasteiger partial charge in [0, 0.05) is 49.6 Å². The van der Waals surface area contributed by atoms with Crippen molar-refractivity contribution in [2.24, 2.45) is 0 Å². The molecule has 4 aromatic rings. The third-order valence-electron chi connectivity index (χ3n) is 6.01. The lowest BCUT2D eigenvalue weighted by Gasteiger charge is -2.35. The zero-order chi connectivity index (χ0) is 31.3. The van der Waals surface area contributed by atoms with E-state index < -0.39 is 61.5 Å². The van der Waals surface area contributed by atoms with Gasteiger partial charge in [0.05, 0.1) is 35.5 Å². The van der Waals surface area contributed by atoms with Crippen molar-refractivity contribution in [1.29, 1.82) is 0 Å². The monoisotopic (exact) mass is 602 g/mol. The van der Waals surface area contributed by atoms with Gasteiger partial charge in [-0.25, -0.2) is 19.2 Å². The topological polar surface area (TPSA) is 197 Å². The van der Waals surface area contributed by atoms with E-state index in [1.54, 1.807) is 0 Å². The fourth-order valence-corrected chi connectivity index (χ4v) is 3.85. The zero-order valence-electron chi connectivity index (χ0n) is 22.9. The van der Waals surface area contributed by atoms with Gasteiger partial charge in [-0.15, -0.1) is 0 Å². The van der Waals surface area contributed by atoms with E-state index >= 15 is 0 Å². The van der Waals surface area contributed by atoms with E-state index in [0.717, 1.165) is 0 Å². The molecule has 0 fully saturated rings. The minimum atomic E-state index is -1.84. The van der Waals surface area contributed by atoms with E-state index in [9.17, 15) is 29.4 Å². The predicted molar refractivity (Wildman–Crippen MR) is 148 cm³/mol. The van der Waals surface area contributed by atoms with E-state index in [1.807, 2.05) is 0 Å². The molecule has 0 saturated carbocycles. The van der Waals surface area contributed by atoms with Crippen LogP contribution >= 0.6 is 0 Å². The fraction of sp³-hybridized carbons (Fsp3) is 0.200. The molecule has 0 aliphatic heterocycles.